The van der Waals surface area contributed by atoms with Gasteiger partial charge in [-0.1, -0.05) is 13.3 Å². The summed E-state index contributed by atoms with van der Waals surface area (Å²) >= 11 is 0. The molecule has 0 saturated carbocycles. The van der Waals surface area contributed by atoms with E-state index < -0.39 is 0 Å². The molecule has 1 aliphatic rings. The number of hydrogen-bond acceptors (Lipinski definition) is 2. The molecule has 17 heavy (non-hydrogen) atoms. The van der Waals surface area contributed by atoms with E-state index in [4.69, 9.17) is 0 Å². The molecule has 0 radical (unpaired) electrons. The van der Waals surface area contributed by atoms with Crippen LogP contribution < -0.4 is 10.6 Å². The van der Waals surface area contributed by atoms with Crippen LogP contribution in [0.3, 0.4) is 0 Å². The summed E-state index contributed by atoms with van der Waals surface area (Å²) in [6.07, 6.45) is 2.61. The minimum Gasteiger partial charge on any atom is -0.373 e. The van der Waals surface area contributed by atoms with E-state index in [0.29, 0.717) is 13.0 Å². The molecule has 0 fully saturated rings. The first-order valence-electron chi connectivity index (χ1n) is 6.03. The largest absolute Gasteiger partial charge is 0.373 e. The van der Waals surface area contributed by atoms with Crippen LogP contribution in [0.25, 0.3) is 0 Å². The summed E-state index contributed by atoms with van der Waals surface area (Å²) in [6, 6.07) is 4.32. The van der Waals surface area contributed by atoms with Crippen molar-refractivity contribution in [2.75, 3.05) is 11.9 Å². The van der Waals surface area contributed by atoms with Crippen LogP contribution in [-0.2, 0) is 11.2 Å². The Kier molecular flexibility index (Phi) is 3.61. The van der Waals surface area contributed by atoms with E-state index in [0.717, 1.165) is 24.1 Å². The average Bonchev–Trinajstić information content (AvgIpc) is 2.72. The molecule has 0 spiro atoms. The fourth-order valence-corrected chi connectivity index (χ4v) is 2.00. The second-order valence-corrected chi connectivity index (χ2v) is 4.35. The van der Waals surface area contributed by atoms with Gasteiger partial charge in [0.05, 0.1) is 0 Å². The SMILES string of the molecule is CCCCNC(=O)C1Cc2cc(F)ccc2N1. The first kappa shape index (κ1) is 11.9. The predicted octanol–water partition coefficient (Wildman–Crippen LogP) is 2.08. The molecule has 1 aromatic carbocycles. The Bertz CT molecular complexity index is 420. The number of unbranched alkanes of at least 4 members (excludes halogenated alkanes) is 1. The molecule has 0 bridgehead atoms. The lowest BCUT2D eigenvalue weighted by Gasteiger charge is -2.11. The van der Waals surface area contributed by atoms with Crippen molar-refractivity contribution in [3.8, 4) is 0 Å². The van der Waals surface area contributed by atoms with Crippen molar-refractivity contribution in [2.45, 2.75) is 32.2 Å². The summed E-state index contributed by atoms with van der Waals surface area (Å²) in [4.78, 5) is 11.8. The zero-order valence-electron chi connectivity index (χ0n) is 9.92. The van der Waals surface area contributed by atoms with Crippen molar-refractivity contribution in [1.29, 1.82) is 0 Å². The molecule has 0 aliphatic carbocycles. The Morgan fingerprint density at radius 3 is 3.18 bits per heavy atom. The van der Waals surface area contributed by atoms with E-state index in [2.05, 4.69) is 17.6 Å². The van der Waals surface area contributed by atoms with Crippen LogP contribution in [-0.4, -0.2) is 18.5 Å². The first-order chi connectivity index (χ1) is 8.20. The molecule has 4 heteroatoms. The summed E-state index contributed by atoms with van der Waals surface area (Å²) in [5, 5.41) is 5.99. The Hall–Kier alpha value is -1.58. The van der Waals surface area contributed by atoms with Crippen LogP contribution in [0.15, 0.2) is 18.2 Å². The van der Waals surface area contributed by atoms with Gasteiger partial charge in [-0.2, -0.15) is 0 Å². The molecule has 1 atom stereocenters. The first-order valence-corrected chi connectivity index (χ1v) is 6.03. The summed E-state index contributed by atoms with van der Waals surface area (Å²) < 4.78 is 13.0. The number of nitrogens with one attached hydrogen (secondary N) is 2. The maximum absolute atomic E-state index is 13.0. The van der Waals surface area contributed by atoms with Gasteiger partial charge in [-0.05, 0) is 30.2 Å². The molecule has 0 aromatic heterocycles. The second kappa shape index (κ2) is 5.17. The van der Waals surface area contributed by atoms with E-state index in [1.54, 1.807) is 6.07 Å². The maximum Gasteiger partial charge on any atom is 0.242 e. The summed E-state index contributed by atoms with van der Waals surface area (Å²) in [5.74, 6) is -0.257. The standard InChI is InChI=1S/C13H17FN2O/c1-2-3-6-15-13(17)12-8-9-7-10(14)4-5-11(9)16-12/h4-5,7,12,16H,2-3,6,8H2,1H3,(H,15,17). The van der Waals surface area contributed by atoms with Crippen LogP contribution in [0, 0.1) is 5.82 Å². The van der Waals surface area contributed by atoms with E-state index in [1.165, 1.54) is 12.1 Å². The number of anilines is 1. The third kappa shape index (κ3) is 2.75. The van der Waals surface area contributed by atoms with Crippen molar-refractivity contribution in [3.05, 3.63) is 29.6 Å². The van der Waals surface area contributed by atoms with Crippen LogP contribution in [0.1, 0.15) is 25.3 Å². The monoisotopic (exact) mass is 236 g/mol. The summed E-state index contributed by atoms with van der Waals surface area (Å²) in [6.45, 7) is 2.79. The van der Waals surface area contributed by atoms with Crippen LogP contribution in [0.4, 0.5) is 10.1 Å². The zero-order valence-corrected chi connectivity index (χ0v) is 9.92. The van der Waals surface area contributed by atoms with Gasteiger partial charge in [0.1, 0.15) is 11.9 Å². The van der Waals surface area contributed by atoms with Crippen LogP contribution in [0.5, 0.6) is 0 Å². The third-order valence-corrected chi connectivity index (χ3v) is 2.97. The molecule has 1 aliphatic heterocycles. The summed E-state index contributed by atoms with van der Waals surface area (Å²) in [5.41, 5.74) is 1.74. The number of fused-ring (bicyclic) bond motifs is 1. The maximum atomic E-state index is 13.0. The molecule has 1 amide bonds. The highest BCUT2D eigenvalue weighted by molar-refractivity contribution is 5.87. The Balaban J connectivity index is 1.93. The highest BCUT2D eigenvalue weighted by atomic mass is 19.1. The zero-order chi connectivity index (χ0) is 12.3. The minimum absolute atomic E-state index is 0.00458. The quantitative estimate of drug-likeness (QED) is 0.786. The molecule has 3 nitrogen and oxygen atoms in total. The van der Waals surface area contributed by atoms with Gasteiger partial charge in [-0.3, -0.25) is 4.79 Å². The lowest BCUT2D eigenvalue weighted by Crippen LogP contribution is -2.38. The number of amides is 1. The third-order valence-electron chi connectivity index (χ3n) is 2.97. The van der Waals surface area contributed by atoms with Gasteiger partial charge in [0.15, 0.2) is 0 Å². The van der Waals surface area contributed by atoms with E-state index in [-0.39, 0.29) is 17.8 Å². The number of carbonyl (C=O) groups is 1. The Morgan fingerprint density at radius 1 is 1.59 bits per heavy atom. The molecule has 2 rings (SSSR count). The minimum atomic E-state index is -0.261. The number of hydrogen-bond donors (Lipinski definition) is 2. The fourth-order valence-electron chi connectivity index (χ4n) is 2.00. The molecular formula is C13H17FN2O. The smallest absolute Gasteiger partial charge is 0.242 e. The van der Waals surface area contributed by atoms with Gasteiger partial charge >= 0.3 is 0 Å². The van der Waals surface area contributed by atoms with Crippen molar-refractivity contribution < 1.29 is 9.18 Å². The molecular weight excluding hydrogens is 219 g/mol. The normalized spacial score (nSPS) is 17.4. The Labute approximate surface area is 100 Å². The molecule has 1 aromatic rings. The lowest BCUT2D eigenvalue weighted by molar-refractivity contribution is -0.121. The number of carbonyl (C=O) groups excluding carboxylic acids is 1. The van der Waals surface area contributed by atoms with Crippen molar-refractivity contribution in [1.82, 2.24) is 5.32 Å². The van der Waals surface area contributed by atoms with Crippen molar-refractivity contribution in [3.63, 3.8) is 0 Å². The van der Waals surface area contributed by atoms with E-state index >= 15 is 0 Å². The molecule has 1 heterocycles. The van der Waals surface area contributed by atoms with E-state index in [9.17, 15) is 9.18 Å². The molecule has 0 saturated heterocycles. The molecule has 92 valence electrons. The number of halogens is 1. The highest BCUT2D eigenvalue weighted by Gasteiger charge is 2.26. The van der Waals surface area contributed by atoms with Gasteiger partial charge in [0.2, 0.25) is 5.91 Å². The fraction of sp³-hybridized carbons (Fsp3) is 0.462. The van der Waals surface area contributed by atoms with Gasteiger partial charge in [0.25, 0.3) is 0 Å². The van der Waals surface area contributed by atoms with Gasteiger partial charge in [-0.25, -0.2) is 4.39 Å². The van der Waals surface area contributed by atoms with Gasteiger partial charge < -0.3 is 10.6 Å². The lowest BCUT2D eigenvalue weighted by atomic mass is 10.1. The van der Waals surface area contributed by atoms with Crippen molar-refractivity contribution >= 4 is 11.6 Å². The molecule has 2 N–H and O–H groups in total. The van der Waals surface area contributed by atoms with E-state index in [1.807, 2.05) is 0 Å². The summed E-state index contributed by atoms with van der Waals surface area (Å²) in [7, 11) is 0. The van der Waals surface area contributed by atoms with Gasteiger partial charge in [0, 0.05) is 18.7 Å². The number of rotatable bonds is 4. The van der Waals surface area contributed by atoms with Crippen molar-refractivity contribution in [2.24, 2.45) is 0 Å². The highest BCUT2D eigenvalue weighted by Crippen LogP contribution is 2.26. The number of benzene rings is 1. The van der Waals surface area contributed by atoms with Gasteiger partial charge in [-0.15, -0.1) is 0 Å². The predicted molar refractivity (Wildman–Crippen MR) is 65.4 cm³/mol. The topological polar surface area (TPSA) is 41.1 Å². The van der Waals surface area contributed by atoms with Crippen LogP contribution in [0.2, 0.25) is 0 Å². The Morgan fingerprint density at radius 2 is 2.41 bits per heavy atom. The van der Waals surface area contributed by atoms with Crippen LogP contribution >= 0.6 is 0 Å². The second-order valence-electron chi connectivity index (χ2n) is 4.35. The average molecular weight is 236 g/mol. The molecule has 1 unspecified atom stereocenters.